The maximum atomic E-state index is 5.19. The van der Waals surface area contributed by atoms with Crippen molar-refractivity contribution in [3.63, 3.8) is 0 Å². The topological polar surface area (TPSA) is 21.7 Å². The summed E-state index contributed by atoms with van der Waals surface area (Å²) in [6.07, 6.45) is 0. The highest BCUT2D eigenvalue weighted by Crippen LogP contribution is 2.40. The van der Waals surface area contributed by atoms with Crippen LogP contribution in [0.15, 0.2) is 84.9 Å². The summed E-state index contributed by atoms with van der Waals surface area (Å²) in [5.41, 5.74) is 7.31. The van der Waals surface area contributed by atoms with E-state index in [1.165, 1.54) is 59.9 Å². The highest BCUT2D eigenvalue weighted by Gasteiger charge is 2.22. The van der Waals surface area contributed by atoms with Crippen LogP contribution in [0.3, 0.4) is 0 Å². The Balaban J connectivity index is 1.68. The van der Waals surface area contributed by atoms with Crippen LogP contribution in [-0.4, -0.2) is 13.8 Å². The Morgan fingerprint density at radius 3 is 1.94 bits per heavy atom. The Morgan fingerprint density at radius 2 is 1.24 bits per heavy atom. The number of hydrogen-bond donors (Lipinski definition) is 0. The summed E-state index contributed by atoms with van der Waals surface area (Å²) in [6.45, 7) is 4.55. The van der Waals surface area contributed by atoms with Gasteiger partial charge in [0.05, 0.1) is 27.6 Å². The van der Waals surface area contributed by atoms with Gasteiger partial charge in [-0.1, -0.05) is 62.4 Å². The molecule has 0 atom stereocenters. The first-order chi connectivity index (χ1) is 16.2. The summed E-state index contributed by atoms with van der Waals surface area (Å²) < 4.78 is 4.74. The second-order valence-corrected chi connectivity index (χ2v) is 9.58. The van der Waals surface area contributed by atoms with Crippen molar-refractivity contribution in [3.05, 3.63) is 90.5 Å². The molecule has 0 aliphatic carbocycles. The lowest BCUT2D eigenvalue weighted by Crippen LogP contribution is -1.89. The van der Waals surface area contributed by atoms with Crippen LogP contribution in [0.5, 0.6) is 0 Å². The third-order valence-corrected chi connectivity index (χ3v) is 7.34. The average Bonchev–Trinajstić information content (AvgIpc) is 3.45. The summed E-state index contributed by atoms with van der Waals surface area (Å²) in [4.78, 5) is 5.19. The molecule has 0 unspecified atom stereocenters. The van der Waals surface area contributed by atoms with Crippen LogP contribution >= 0.6 is 0 Å². The van der Waals surface area contributed by atoms with Crippen molar-refractivity contribution in [2.24, 2.45) is 0 Å². The number of benzene rings is 5. The Bertz CT molecular complexity index is 2050. The summed E-state index contributed by atoms with van der Waals surface area (Å²) >= 11 is 0. The van der Waals surface area contributed by atoms with Crippen molar-refractivity contribution in [3.8, 4) is 0 Å². The minimum atomic E-state index is 0.448. The summed E-state index contributed by atoms with van der Waals surface area (Å²) in [5.74, 6) is 1.44. The predicted molar refractivity (Wildman–Crippen MR) is 139 cm³/mol. The van der Waals surface area contributed by atoms with E-state index in [0.717, 1.165) is 11.3 Å². The van der Waals surface area contributed by atoms with Gasteiger partial charge in [0.2, 0.25) is 5.78 Å². The molecule has 0 amide bonds. The number of nitrogens with zero attached hydrogens (tertiary/aromatic N) is 3. The largest absolute Gasteiger partial charge is 0.277 e. The van der Waals surface area contributed by atoms with Gasteiger partial charge < -0.3 is 0 Å². The van der Waals surface area contributed by atoms with E-state index < -0.39 is 0 Å². The zero-order chi connectivity index (χ0) is 21.8. The Morgan fingerprint density at radius 1 is 0.606 bits per heavy atom. The quantitative estimate of drug-likeness (QED) is 0.263. The summed E-state index contributed by atoms with van der Waals surface area (Å²) in [5, 5.41) is 7.63. The minimum Gasteiger partial charge on any atom is -0.277 e. The fraction of sp³-hybridized carbons (Fsp3) is 0.100. The van der Waals surface area contributed by atoms with E-state index in [2.05, 4.69) is 108 Å². The zero-order valence-corrected chi connectivity index (χ0v) is 18.5. The molecule has 5 aromatic carbocycles. The molecule has 0 spiro atoms. The lowest BCUT2D eigenvalue weighted by molar-refractivity contribution is 0.869. The number of imidazole rings is 2. The Kier molecular flexibility index (Phi) is 3.07. The lowest BCUT2D eigenvalue weighted by atomic mass is 9.99. The normalized spacial score (nSPS) is 12.8. The SMILES string of the molecule is CC(C)c1cc2c3cc4ccccc4cc3n3c2c(c1)n1c2cc4ccccc4cc2nc13. The summed E-state index contributed by atoms with van der Waals surface area (Å²) in [6, 6.07) is 31.1. The molecule has 0 aliphatic rings. The molecule has 3 heterocycles. The summed E-state index contributed by atoms with van der Waals surface area (Å²) in [7, 11) is 0. The molecule has 0 fully saturated rings. The van der Waals surface area contributed by atoms with E-state index in [0.29, 0.717) is 5.92 Å². The number of rotatable bonds is 1. The molecule has 0 bridgehead atoms. The third-order valence-electron chi connectivity index (χ3n) is 7.34. The molecule has 0 aliphatic heterocycles. The standard InChI is InChI=1S/C30H21N3/c1-17(2)22-12-24-23-11-18-7-3-5-9-20(18)14-26(23)33-29(24)28(16-22)32-27-15-21-10-6-4-8-19(21)13-25(27)31-30(32)33/h3-17H,1-2H3. The van der Waals surface area contributed by atoms with Crippen LogP contribution in [0.2, 0.25) is 0 Å². The molecular formula is C30H21N3. The number of fused-ring (bicyclic) bond motifs is 10. The van der Waals surface area contributed by atoms with Crippen molar-refractivity contribution in [2.75, 3.05) is 0 Å². The van der Waals surface area contributed by atoms with Gasteiger partial charge in [-0.15, -0.1) is 0 Å². The van der Waals surface area contributed by atoms with Gasteiger partial charge >= 0.3 is 0 Å². The highest BCUT2D eigenvalue weighted by atomic mass is 15.2. The maximum Gasteiger partial charge on any atom is 0.220 e. The van der Waals surface area contributed by atoms with Crippen LogP contribution in [-0.2, 0) is 0 Å². The monoisotopic (exact) mass is 423 g/mol. The van der Waals surface area contributed by atoms with Gasteiger partial charge in [-0.05, 0) is 69.4 Å². The molecule has 0 saturated heterocycles. The molecule has 3 aromatic heterocycles. The minimum absolute atomic E-state index is 0.448. The third kappa shape index (κ3) is 2.12. The van der Waals surface area contributed by atoms with E-state index in [4.69, 9.17) is 4.98 Å². The second-order valence-electron chi connectivity index (χ2n) is 9.58. The number of hydrogen-bond acceptors (Lipinski definition) is 1. The van der Waals surface area contributed by atoms with Gasteiger partial charge in [-0.25, -0.2) is 4.98 Å². The fourth-order valence-electron chi connectivity index (χ4n) is 5.68. The first kappa shape index (κ1) is 17.4. The first-order valence-corrected chi connectivity index (χ1v) is 11.6. The second kappa shape index (κ2) is 5.81. The molecule has 33 heavy (non-hydrogen) atoms. The highest BCUT2D eigenvalue weighted by molar-refractivity contribution is 6.19. The van der Waals surface area contributed by atoms with Crippen molar-refractivity contribution in [1.82, 2.24) is 13.8 Å². The van der Waals surface area contributed by atoms with Gasteiger partial charge in [0.1, 0.15) is 0 Å². The molecule has 0 saturated carbocycles. The van der Waals surface area contributed by atoms with Gasteiger partial charge in [0, 0.05) is 10.8 Å². The Hall–Kier alpha value is -4.11. The van der Waals surface area contributed by atoms with Crippen LogP contribution in [0.4, 0.5) is 0 Å². The number of aromatic nitrogens is 3. The van der Waals surface area contributed by atoms with Crippen LogP contribution in [0.25, 0.3) is 65.7 Å². The van der Waals surface area contributed by atoms with Crippen LogP contribution in [0, 0.1) is 0 Å². The zero-order valence-electron chi connectivity index (χ0n) is 18.5. The van der Waals surface area contributed by atoms with E-state index in [1.54, 1.807) is 0 Å². The van der Waals surface area contributed by atoms with Crippen LogP contribution in [0.1, 0.15) is 25.3 Å². The molecular weight excluding hydrogens is 402 g/mol. The molecule has 3 heteroatoms. The molecule has 8 aromatic rings. The molecule has 3 nitrogen and oxygen atoms in total. The van der Waals surface area contributed by atoms with Gasteiger partial charge in [-0.3, -0.25) is 8.80 Å². The van der Waals surface area contributed by atoms with E-state index in [9.17, 15) is 0 Å². The van der Waals surface area contributed by atoms with Crippen molar-refractivity contribution in [2.45, 2.75) is 19.8 Å². The van der Waals surface area contributed by atoms with Crippen molar-refractivity contribution in [1.29, 1.82) is 0 Å². The maximum absolute atomic E-state index is 5.19. The molecule has 156 valence electrons. The molecule has 8 rings (SSSR count). The predicted octanol–water partition coefficient (Wildman–Crippen LogP) is 7.91. The van der Waals surface area contributed by atoms with E-state index >= 15 is 0 Å². The van der Waals surface area contributed by atoms with E-state index in [-0.39, 0.29) is 0 Å². The van der Waals surface area contributed by atoms with Crippen LogP contribution < -0.4 is 0 Å². The molecule has 0 N–H and O–H groups in total. The van der Waals surface area contributed by atoms with Crippen molar-refractivity contribution >= 4 is 65.7 Å². The fourth-order valence-corrected chi connectivity index (χ4v) is 5.68. The van der Waals surface area contributed by atoms with E-state index in [1.807, 2.05) is 0 Å². The molecule has 0 radical (unpaired) electrons. The smallest absolute Gasteiger partial charge is 0.220 e. The van der Waals surface area contributed by atoms with Gasteiger partial charge in [0.25, 0.3) is 0 Å². The van der Waals surface area contributed by atoms with Gasteiger partial charge in [-0.2, -0.15) is 0 Å². The first-order valence-electron chi connectivity index (χ1n) is 11.6. The lowest BCUT2D eigenvalue weighted by Gasteiger charge is -2.07. The average molecular weight is 424 g/mol. The van der Waals surface area contributed by atoms with Crippen molar-refractivity contribution < 1.29 is 0 Å². The van der Waals surface area contributed by atoms with Gasteiger partial charge in [0.15, 0.2) is 0 Å². The Labute approximate surface area is 189 Å².